The lowest BCUT2D eigenvalue weighted by Gasteiger charge is -2.23. The van der Waals surface area contributed by atoms with Crippen LogP contribution in [0.15, 0.2) is 0 Å². The summed E-state index contributed by atoms with van der Waals surface area (Å²) in [7, 11) is 0. The first-order valence-corrected chi connectivity index (χ1v) is 7.45. The Morgan fingerprint density at radius 2 is 1.90 bits per heavy atom. The summed E-state index contributed by atoms with van der Waals surface area (Å²) in [5, 5.41) is 2.94. The lowest BCUT2D eigenvalue weighted by Crippen LogP contribution is -2.42. The first kappa shape index (κ1) is 17.0. The highest BCUT2D eigenvalue weighted by Gasteiger charge is 2.35. The molecule has 2 N–H and O–H groups in total. The highest BCUT2D eigenvalue weighted by atomic mass is 16.7. The zero-order chi connectivity index (χ0) is 15.3. The number of carbonyl (C=O) groups excluding carboxylic acids is 2. The fourth-order valence-electron chi connectivity index (χ4n) is 2.09. The van der Waals surface area contributed by atoms with Crippen LogP contribution in [0.1, 0.15) is 53.9 Å². The van der Waals surface area contributed by atoms with Gasteiger partial charge in [-0.1, -0.05) is 34.6 Å². The topological polar surface area (TPSA) is 67.4 Å². The molecule has 1 aliphatic carbocycles. The number of amides is 2. The average molecular weight is 284 g/mol. The molecule has 1 saturated carbocycles. The predicted octanol–water partition coefficient (Wildman–Crippen LogP) is 2.02. The van der Waals surface area contributed by atoms with Crippen LogP contribution in [0.2, 0.25) is 0 Å². The van der Waals surface area contributed by atoms with Gasteiger partial charge in [0, 0.05) is 12.0 Å². The Morgan fingerprint density at radius 3 is 2.45 bits per heavy atom. The van der Waals surface area contributed by atoms with Crippen molar-refractivity contribution in [2.24, 2.45) is 17.3 Å². The van der Waals surface area contributed by atoms with Gasteiger partial charge in [-0.2, -0.15) is 0 Å². The second kappa shape index (κ2) is 7.07. The number of hydrogen-bond acceptors (Lipinski definition) is 3. The van der Waals surface area contributed by atoms with Crippen molar-refractivity contribution >= 4 is 11.8 Å². The fraction of sp³-hybridized carbons (Fsp3) is 0.867. The highest BCUT2D eigenvalue weighted by molar-refractivity contribution is 5.81. The summed E-state index contributed by atoms with van der Waals surface area (Å²) in [6, 6.07) is 0. The van der Waals surface area contributed by atoms with Gasteiger partial charge in [0.05, 0.1) is 12.0 Å². The second-order valence-corrected chi connectivity index (χ2v) is 7.01. The average Bonchev–Trinajstić information content (AvgIpc) is 2.79. The van der Waals surface area contributed by atoms with E-state index in [-0.39, 0.29) is 23.8 Å². The molecule has 0 heterocycles. The molecule has 0 bridgehead atoms. The Bertz CT molecular complexity index is 348. The van der Waals surface area contributed by atoms with Crippen molar-refractivity contribution in [2.75, 3.05) is 6.54 Å². The summed E-state index contributed by atoms with van der Waals surface area (Å²) >= 11 is 0. The molecule has 0 saturated heterocycles. The standard InChI is InChI=1S/C15H28N2O3/c1-10(2)9-16-13(18)11-7-6-8-12(11)20-17-14(19)15(3,4)5/h10-12H,6-9H2,1-5H3,(H,16,18)(H,17,19)/t11-,12-/m1/s1. The molecule has 5 heteroatoms. The minimum Gasteiger partial charge on any atom is -0.356 e. The van der Waals surface area contributed by atoms with Gasteiger partial charge in [-0.25, -0.2) is 5.48 Å². The maximum atomic E-state index is 12.1. The minimum absolute atomic E-state index is 0.0335. The van der Waals surface area contributed by atoms with Gasteiger partial charge in [0.15, 0.2) is 0 Å². The van der Waals surface area contributed by atoms with Crippen LogP contribution < -0.4 is 10.8 Å². The molecule has 116 valence electrons. The van der Waals surface area contributed by atoms with Crippen LogP contribution >= 0.6 is 0 Å². The van der Waals surface area contributed by atoms with Crippen LogP contribution in [-0.4, -0.2) is 24.5 Å². The Balaban J connectivity index is 2.45. The monoisotopic (exact) mass is 284 g/mol. The minimum atomic E-state index is -0.492. The molecule has 20 heavy (non-hydrogen) atoms. The number of rotatable bonds is 5. The number of hydroxylamine groups is 1. The number of carbonyl (C=O) groups is 2. The fourth-order valence-corrected chi connectivity index (χ4v) is 2.09. The third-order valence-corrected chi connectivity index (χ3v) is 3.46. The van der Waals surface area contributed by atoms with Crippen LogP contribution in [0.4, 0.5) is 0 Å². The molecule has 0 aromatic rings. The van der Waals surface area contributed by atoms with Crippen LogP contribution in [0, 0.1) is 17.3 Å². The van der Waals surface area contributed by atoms with E-state index in [1.165, 1.54) is 0 Å². The summed E-state index contributed by atoms with van der Waals surface area (Å²) in [5.74, 6) is 0.145. The summed E-state index contributed by atoms with van der Waals surface area (Å²) in [6.45, 7) is 10.3. The van der Waals surface area contributed by atoms with Gasteiger partial charge < -0.3 is 5.32 Å². The van der Waals surface area contributed by atoms with Crippen molar-refractivity contribution in [3.8, 4) is 0 Å². The van der Waals surface area contributed by atoms with E-state index in [2.05, 4.69) is 24.6 Å². The van der Waals surface area contributed by atoms with Crippen molar-refractivity contribution < 1.29 is 14.4 Å². The molecule has 0 unspecified atom stereocenters. The summed E-state index contributed by atoms with van der Waals surface area (Å²) < 4.78 is 0. The molecule has 0 aliphatic heterocycles. The van der Waals surface area contributed by atoms with Crippen molar-refractivity contribution in [2.45, 2.75) is 60.0 Å². The van der Waals surface area contributed by atoms with Crippen molar-refractivity contribution in [1.29, 1.82) is 0 Å². The molecule has 0 aromatic carbocycles. The summed E-state index contributed by atoms with van der Waals surface area (Å²) in [5.41, 5.74) is 2.00. The van der Waals surface area contributed by atoms with Gasteiger partial charge in [0.25, 0.3) is 0 Å². The molecule has 2 amide bonds. The van der Waals surface area contributed by atoms with Crippen LogP contribution in [0.5, 0.6) is 0 Å². The van der Waals surface area contributed by atoms with E-state index < -0.39 is 5.41 Å². The van der Waals surface area contributed by atoms with E-state index >= 15 is 0 Å². The molecule has 0 spiro atoms. The van der Waals surface area contributed by atoms with Crippen molar-refractivity contribution in [3.63, 3.8) is 0 Å². The van der Waals surface area contributed by atoms with Crippen LogP contribution in [-0.2, 0) is 14.4 Å². The molecule has 5 nitrogen and oxygen atoms in total. The van der Waals surface area contributed by atoms with E-state index in [0.29, 0.717) is 12.5 Å². The van der Waals surface area contributed by atoms with E-state index in [9.17, 15) is 9.59 Å². The van der Waals surface area contributed by atoms with Crippen molar-refractivity contribution in [3.05, 3.63) is 0 Å². The molecular formula is C15H28N2O3. The third-order valence-electron chi connectivity index (χ3n) is 3.46. The molecule has 1 rings (SSSR count). The molecular weight excluding hydrogens is 256 g/mol. The summed E-state index contributed by atoms with van der Waals surface area (Å²) in [6.07, 6.45) is 2.37. The maximum Gasteiger partial charge on any atom is 0.248 e. The van der Waals surface area contributed by atoms with E-state index in [4.69, 9.17) is 4.84 Å². The molecule has 2 atom stereocenters. The Labute approximate surface area is 121 Å². The maximum absolute atomic E-state index is 12.1. The Hall–Kier alpha value is -1.10. The predicted molar refractivity (Wildman–Crippen MR) is 77.7 cm³/mol. The first-order valence-electron chi connectivity index (χ1n) is 7.45. The van der Waals surface area contributed by atoms with Gasteiger partial charge in [0.1, 0.15) is 0 Å². The third kappa shape index (κ3) is 5.12. The van der Waals surface area contributed by atoms with Gasteiger partial charge in [-0.15, -0.1) is 0 Å². The SMILES string of the molecule is CC(C)CNC(=O)[C@@H]1CCC[C@H]1ONC(=O)C(C)(C)C. The van der Waals surface area contributed by atoms with Gasteiger partial charge in [-0.3, -0.25) is 14.4 Å². The van der Waals surface area contributed by atoms with Gasteiger partial charge in [-0.05, 0) is 25.2 Å². The van der Waals surface area contributed by atoms with E-state index in [1.807, 2.05) is 20.8 Å². The van der Waals surface area contributed by atoms with Crippen LogP contribution in [0.25, 0.3) is 0 Å². The second-order valence-electron chi connectivity index (χ2n) is 7.01. The van der Waals surface area contributed by atoms with E-state index in [0.717, 1.165) is 19.3 Å². The summed E-state index contributed by atoms with van der Waals surface area (Å²) in [4.78, 5) is 29.3. The molecule has 1 aliphatic rings. The smallest absolute Gasteiger partial charge is 0.248 e. The normalized spacial score (nSPS) is 22.9. The quantitative estimate of drug-likeness (QED) is 0.759. The molecule has 1 fully saturated rings. The van der Waals surface area contributed by atoms with Gasteiger partial charge in [0.2, 0.25) is 11.8 Å². The highest BCUT2D eigenvalue weighted by Crippen LogP contribution is 2.28. The zero-order valence-electron chi connectivity index (χ0n) is 13.3. The molecule has 0 aromatic heterocycles. The van der Waals surface area contributed by atoms with Crippen molar-refractivity contribution in [1.82, 2.24) is 10.8 Å². The van der Waals surface area contributed by atoms with Gasteiger partial charge >= 0.3 is 0 Å². The lowest BCUT2D eigenvalue weighted by molar-refractivity contribution is -0.151. The lowest BCUT2D eigenvalue weighted by atomic mass is 9.96. The zero-order valence-corrected chi connectivity index (χ0v) is 13.3. The first-order chi connectivity index (χ1) is 9.21. The number of hydrogen-bond donors (Lipinski definition) is 2. The van der Waals surface area contributed by atoms with Crippen LogP contribution in [0.3, 0.4) is 0 Å². The van der Waals surface area contributed by atoms with E-state index in [1.54, 1.807) is 0 Å². The number of nitrogens with one attached hydrogen (secondary N) is 2. The molecule has 0 radical (unpaired) electrons. The Kier molecular flexibility index (Phi) is 5.99. The Morgan fingerprint density at radius 1 is 1.25 bits per heavy atom. The largest absolute Gasteiger partial charge is 0.356 e.